The Labute approximate surface area is 115 Å². The second-order valence-corrected chi connectivity index (χ2v) is 6.37. The number of phosphoric ester groups is 1. The van der Waals surface area contributed by atoms with Crippen molar-refractivity contribution in [2.75, 3.05) is 48.5 Å². The van der Waals surface area contributed by atoms with Crippen LogP contribution in [0.15, 0.2) is 12.2 Å². The molecular formula is C11H24NO6P. The van der Waals surface area contributed by atoms with Gasteiger partial charge in [-0.25, -0.2) is 4.79 Å². The molecule has 0 aromatic heterocycles. The molecule has 0 saturated heterocycles. The fraction of sp³-hybridized carbons (Fsp3) is 0.727. The molecule has 114 valence electrons. The van der Waals surface area contributed by atoms with Crippen molar-refractivity contribution in [2.45, 2.75) is 6.92 Å². The highest BCUT2D eigenvalue weighted by Crippen LogP contribution is 2.34. The van der Waals surface area contributed by atoms with Gasteiger partial charge in [0, 0.05) is 19.8 Å². The number of quaternary nitrogens is 1. The van der Waals surface area contributed by atoms with E-state index in [-0.39, 0.29) is 5.97 Å². The SMILES string of the molecule is C=C(C)C(=O)OCC[N+](C)(C)C.COP(=O)([O-])OC. The van der Waals surface area contributed by atoms with E-state index in [0.717, 1.165) is 25.2 Å². The molecule has 0 saturated carbocycles. The zero-order chi connectivity index (χ0) is 15.7. The maximum atomic E-state index is 10.9. The smallest absolute Gasteiger partial charge is 0.333 e. The van der Waals surface area contributed by atoms with Gasteiger partial charge in [-0.1, -0.05) is 6.58 Å². The Kier molecular flexibility index (Phi) is 10.0. The van der Waals surface area contributed by atoms with Crippen LogP contribution in [0.1, 0.15) is 6.92 Å². The van der Waals surface area contributed by atoms with Gasteiger partial charge in [0.05, 0.1) is 21.1 Å². The van der Waals surface area contributed by atoms with Gasteiger partial charge in [0.2, 0.25) is 0 Å². The number of phosphoric acid groups is 1. The molecule has 0 aliphatic carbocycles. The molecule has 0 atom stereocenters. The summed E-state index contributed by atoms with van der Waals surface area (Å²) in [7, 11) is 4.32. The first-order chi connectivity index (χ1) is 8.45. The molecule has 19 heavy (non-hydrogen) atoms. The first kappa shape index (κ1) is 20.6. The van der Waals surface area contributed by atoms with Crippen LogP contribution in [0.5, 0.6) is 0 Å². The lowest BCUT2D eigenvalue weighted by molar-refractivity contribution is -0.870. The van der Waals surface area contributed by atoms with Gasteiger partial charge in [-0.3, -0.25) is 4.57 Å². The predicted octanol–water partition coefficient (Wildman–Crippen LogP) is 0.560. The molecule has 0 N–H and O–H groups in total. The van der Waals surface area contributed by atoms with E-state index in [2.05, 4.69) is 36.8 Å². The molecule has 7 nitrogen and oxygen atoms in total. The van der Waals surface area contributed by atoms with Crippen molar-refractivity contribution < 1.29 is 32.5 Å². The summed E-state index contributed by atoms with van der Waals surface area (Å²) in [5.74, 6) is -0.302. The van der Waals surface area contributed by atoms with E-state index < -0.39 is 7.82 Å². The van der Waals surface area contributed by atoms with Crippen LogP contribution in [0.2, 0.25) is 0 Å². The third kappa shape index (κ3) is 15.2. The number of carbonyl (C=O) groups excluding carboxylic acids is 1. The maximum absolute atomic E-state index is 10.9. The van der Waals surface area contributed by atoms with Crippen LogP contribution in [-0.2, 0) is 23.1 Å². The maximum Gasteiger partial charge on any atom is 0.333 e. The van der Waals surface area contributed by atoms with Gasteiger partial charge in [0.15, 0.2) is 0 Å². The van der Waals surface area contributed by atoms with E-state index in [9.17, 15) is 14.3 Å². The molecule has 0 bridgehead atoms. The Morgan fingerprint density at radius 3 is 1.89 bits per heavy atom. The number of esters is 1. The van der Waals surface area contributed by atoms with Crippen molar-refractivity contribution in [3.63, 3.8) is 0 Å². The monoisotopic (exact) mass is 297 g/mol. The Morgan fingerprint density at radius 1 is 1.26 bits per heavy atom. The quantitative estimate of drug-likeness (QED) is 0.308. The summed E-state index contributed by atoms with van der Waals surface area (Å²) < 4.78 is 23.4. The topological polar surface area (TPSA) is 84.9 Å². The lowest BCUT2D eigenvalue weighted by Crippen LogP contribution is -2.38. The highest BCUT2D eigenvalue weighted by molar-refractivity contribution is 7.45. The fourth-order valence-corrected chi connectivity index (χ4v) is 0.759. The van der Waals surface area contributed by atoms with E-state index >= 15 is 0 Å². The zero-order valence-corrected chi connectivity index (χ0v) is 13.4. The first-order valence-corrected chi connectivity index (χ1v) is 6.97. The molecule has 0 heterocycles. The van der Waals surface area contributed by atoms with Gasteiger partial charge in [-0.2, -0.15) is 0 Å². The molecule has 0 unspecified atom stereocenters. The number of carbonyl (C=O) groups is 1. The highest BCUT2D eigenvalue weighted by atomic mass is 31.2. The average Bonchev–Trinajstić information content (AvgIpc) is 2.28. The van der Waals surface area contributed by atoms with Crippen LogP contribution >= 0.6 is 7.82 Å². The molecular weight excluding hydrogens is 273 g/mol. The van der Waals surface area contributed by atoms with Crippen LogP contribution in [0, 0.1) is 0 Å². The number of nitrogens with zero attached hydrogens (tertiary/aromatic N) is 1. The Bertz CT molecular complexity index is 329. The zero-order valence-electron chi connectivity index (χ0n) is 12.5. The van der Waals surface area contributed by atoms with E-state index in [0.29, 0.717) is 12.2 Å². The molecule has 0 aromatic carbocycles. The average molecular weight is 297 g/mol. The fourth-order valence-electron chi connectivity index (χ4n) is 0.610. The van der Waals surface area contributed by atoms with Gasteiger partial charge in [-0.05, 0) is 6.92 Å². The second-order valence-electron chi connectivity index (χ2n) is 4.74. The number of ether oxygens (including phenoxy) is 1. The summed E-state index contributed by atoms with van der Waals surface area (Å²) >= 11 is 0. The molecule has 8 heteroatoms. The third-order valence-corrected chi connectivity index (χ3v) is 2.69. The molecule has 0 radical (unpaired) electrons. The third-order valence-electron chi connectivity index (χ3n) is 1.79. The highest BCUT2D eigenvalue weighted by Gasteiger charge is 2.09. The van der Waals surface area contributed by atoms with Gasteiger partial charge < -0.3 is 23.2 Å². The van der Waals surface area contributed by atoms with Gasteiger partial charge in [0.25, 0.3) is 7.82 Å². The molecule has 0 amide bonds. The van der Waals surface area contributed by atoms with Crippen molar-refractivity contribution in [1.29, 1.82) is 0 Å². The molecule has 0 spiro atoms. The summed E-state index contributed by atoms with van der Waals surface area (Å²) in [5.41, 5.74) is 0.455. The summed E-state index contributed by atoms with van der Waals surface area (Å²) in [6.07, 6.45) is 0. The standard InChI is InChI=1S/C9H18NO2.C2H7O4P/c1-8(2)9(11)12-7-6-10(3,4)5;1-5-7(3,4)6-2/h1,6-7H2,2-5H3;1-2H3,(H,3,4)/q+1;/p-1. The van der Waals surface area contributed by atoms with Crippen molar-refractivity contribution in [3.8, 4) is 0 Å². The second kappa shape index (κ2) is 9.23. The van der Waals surface area contributed by atoms with E-state index in [1.165, 1.54) is 0 Å². The van der Waals surface area contributed by atoms with Crippen LogP contribution in [0.3, 0.4) is 0 Å². The molecule has 0 fully saturated rings. The van der Waals surface area contributed by atoms with Crippen LogP contribution in [0.4, 0.5) is 0 Å². The van der Waals surface area contributed by atoms with Crippen LogP contribution in [-0.4, -0.2) is 59.0 Å². The van der Waals surface area contributed by atoms with Crippen molar-refractivity contribution in [3.05, 3.63) is 12.2 Å². The van der Waals surface area contributed by atoms with Crippen LogP contribution in [0.25, 0.3) is 0 Å². The minimum absolute atomic E-state index is 0.302. The lowest BCUT2D eigenvalue weighted by atomic mass is 10.4. The van der Waals surface area contributed by atoms with E-state index in [4.69, 9.17) is 4.74 Å². The van der Waals surface area contributed by atoms with E-state index in [1.807, 2.05) is 0 Å². The molecule has 0 aliphatic heterocycles. The number of rotatable bonds is 6. The summed E-state index contributed by atoms with van der Waals surface area (Å²) in [4.78, 5) is 20.9. The van der Waals surface area contributed by atoms with Gasteiger partial charge in [0.1, 0.15) is 13.2 Å². The Morgan fingerprint density at radius 2 is 1.68 bits per heavy atom. The number of likely N-dealkylation sites (N-methyl/N-ethyl adjacent to an activating group) is 1. The lowest BCUT2D eigenvalue weighted by Gasteiger charge is -2.23. The van der Waals surface area contributed by atoms with Crippen LogP contribution < -0.4 is 4.89 Å². The summed E-state index contributed by atoms with van der Waals surface area (Å²) in [6.45, 7) is 6.41. The summed E-state index contributed by atoms with van der Waals surface area (Å²) in [5, 5.41) is 0. The summed E-state index contributed by atoms with van der Waals surface area (Å²) in [6, 6.07) is 0. The van der Waals surface area contributed by atoms with E-state index in [1.54, 1.807) is 6.92 Å². The number of hydrogen-bond acceptors (Lipinski definition) is 6. The predicted molar refractivity (Wildman–Crippen MR) is 70.3 cm³/mol. The number of hydrogen-bond donors (Lipinski definition) is 0. The minimum atomic E-state index is -3.90. The van der Waals surface area contributed by atoms with Crippen molar-refractivity contribution >= 4 is 13.8 Å². The molecule has 0 aliphatic rings. The molecule has 0 aromatic rings. The first-order valence-electron chi connectivity index (χ1n) is 5.51. The molecule has 0 rings (SSSR count). The largest absolute Gasteiger partial charge is 0.756 e. The minimum Gasteiger partial charge on any atom is -0.756 e. The van der Waals surface area contributed by atoms with Gasteiger partial charge >= 0.3 is 5.97 Å². The van der Waals surface area contributed by atoms with Gasteiger partial charge in [-0.15, -0.1) is 0 Å². The van der Waals surface area contributed by atoms with Crippen molar-refractivity contribution in [1.82, 2.24) is 0 Å². The normalized spacial score (nSPS) is 11.3. The Balaban J connectivity index is 0. The Hall–Kier alpha value is -0.720. The van der Waals surface area contributed by atoms with Crippen molar-refractivity contribution in [2.24, 2.45) is 0 Å².